The van der Waals surface area contributed by atoms with Gasteiger partial charge in [0.2, 0.25) is 0 Å². The van der Waals surface area contributed by atoms with Gasteiger partial charge in [0, 0.05) is 0 Å². The molecule has 0 aliphatic heterocycles. The van der Waals surface area contributed by atoms with Crippen LogP contribution >= 0.6 is 11.3 Å². The second kappa shape index (κ2) is 5.85. The van der Waals surface area contributed by atoms with E-state index in [1.54, 1.807) is 18.4 Å². The van der Waals surface area contributed by atoms with Gasteiger partial charge in [-0.3, -0.25) is 11.3 Å². The molecule has 1 aromatic heterocycles. The first kappa shape index (κ1) is 12.9. The summed E-state index contributed by atoms with van der Waals surface area (Å²) in [5.41, 5.74) is 3.00. The van der Waals surface area contributed by atoms with Crippen molar-refractivity contribution in [2.45, 2.75) is 38.6 Å². The molecule has 0 saturated heterocycles. The van der Waals surface area contributed by atoms with Crippen molar-refractivity contribution in [2.75, 3.05) is 7.11 Å². The lowest BCUT2D eigenvalue weighted by molar-refractivity contribution is 0.224. The SMILES string of the molecule is COc1ccsc1C(NN)C1CCCC(C)C1. The fourth-order valence-electron chi connectivity index (χ4n) is 2.91. The van der Waals surface area contributed by atoms with E-state index in [0.29, 0.717) is 5.92 Å². The Morgan fingerprint density at radius 2 is 2.35 bits per heavy atom. The van der Waals surface area contributed by atoms with Gasteiger partial charge in [0.05, 0.1) is 18.0 Å². The van der Waals surface area contributed by atoms with E-state index >= 15 is 0 Å². The molecule has 3 N–H and O–H groups in total. The summed E-state index contributed by atoms with van der Waals surface area (Å²) in [6, 6.07) is 2.27. The maximum absolute atomic E-state index is 5.76. The quantitative estimate of drug-likeness (QED) is 0.641. The molecule has 17 heavy (non-hydrogen) atoms. The van der Waals surface area contributed by atoms with E-state index < -0.39 is 0 Å². The van der Waals surface area contributed by atoms with Crippen LogP contribution in [-0.2, 0) is 0 Å². The molecule has 0 amide bonds. The molecule has 0 radical (unpaired) electrons. The van der Waals surface area contributed by atoms with Crippen molar-refractivity contribution in [3.05, 3.63) is 16.3 Å². The lowest BCUT2D eigenvalue weighted by atomic mass is 9.78. The van der Waals surface area contributed by atoms with Gasteiger partial charge >= 0.3 is 0 Å². The number of nitrogens with one attached hydrogen (secondary N) is 1. The highest BCUT2D eigenvalue weighted by Gasteiger charge is 2.29. The van der Waals surface area contributed by atoms with Gasteiger partial charge in [0.15, 0.2) is 0 Å². The molecule has 4 heteroatoms. The fourth-order valence-corrected chi connectivity index (χ4v) is 3.93. The molecule has 3 unspecified atom stereocenters. The van der Waals surface area contributed by atoms with Crippen molar-refractivity contribution in [2.24, 2.45) is 17.7 Å². The third-order valence-electron chi connectivity index (χ3n) is 3.79. The molecule has 1 heterocycles. The number of hydrogen-bond acceptors (Lipinski definition) is 4. The molecule has 1 aliphatic rings. The summed E-state index contributed by atoms with van der Waals surface area (Å²) in [6.07, 6.45) is 5.20. The molecule has 1 fully saturated rings. The molecular weight excluding hydrogens is 232 g/mol. The number of rotatable bonds is 4. The first-order chi connectivity index (χ1) is 8.26. The fraction of sp³-hybridized carbons (Fsp3) is 0.692. The van der Waals surface area contributed by atoms with Gasteiger partial charge in [-0.05, 0) is 36.1 Å². The molecule has 0 spiro atoms. The molecule has 96 valence electrons. The minimum atomic E-state index is 0.243. The molecule has 3 atom stereocenters. The molecule has 1 aliphatic carbocycles. The van der Waals surface area contributed by atoms with E-state index in [-0.39, 0.29) is 6.04 Å². The Bertz CT molecular complexity index is 353. The molecule has 1 saturated carbocycles. The van der Waals surface area contributed by atoms with Crippen LogP contribution < -0.4 is 16.0 Å². The average molecular weight is 254 g/mol. The van der Waals surface area contributed by atoms with E-state index in [1.165, 1.54) is 30.6 Å². The zero-order chi connectivity index (χ0) is 12.3. The lowest BCUT2D eigenvalue weighted by Crippen LogP contribution is -2.35. The van der Waals surface area contributed by atoms with Crippen LogP contribution in [-0.4, -0.2) is 7.11 Å². The summed E-state index contributed by atoms with van der Waals surface area (Å²) in [5, 5.41) is 2.07. The minimum Gasteiger partial charge on any atom is -0.496 e. The van der Waals surface area contributed by atoms with Gasteiger partial charge in [-0.2, -0.15) is 0 Å². The van der Waals surface area contributed by atoms with E-state index in [9.17, 15) is 0 Å². The molecule has 0 aromatic carbocycles. The van der Waals surface area contributed by atoms with E-state index in [1.807, 2.05) is 6.07 Å². The van der Waals surface area contributed by atoms with Crippen LogP contribution in [0.2, 0.25) is 0 Å². The topological polar surface area (TPSA) is 47.3 Å². The Morgan fingerprint density at radius 3 is 3.00 bits per heavy atom. The Morgan fingerprint density at radius 1 is 1.53 bits per heavy atom. The van der Waals surface area contributed by atoms with Gasteiger partial charge in [-0.25, -0.2) is 0 Å². The lowest BCUT2D eigenvalue weighted by Gasteiger charge is -2.32. The van der Waals surface area contributed by atoms with Crippen molar-refractivity contribution in [3.63, 3.8) is 0 Å². The van der Waals surface area contributed by atoms with Crippen molar-refractivity contribution >= 4 is 11.3 Å². The first-order valence-corrected chi connectivity index (χ1v) is 7.21. The number of thiophene rings is 1. The Labute approximate surface area is 107 Å². The highest BCUT2D eigenvalue weighted by Crippen LogP contribution is 2.41. The van der Waals surface area contributed by atoms with Crippen molar-refractivity contribution < 1.29 is 4.74 Å². The summed E-state index contributed by atoms with van der Waals surface area (Å²) in [7, 11) is 1.72. The molecule has 1 aromatic rings. The van der Waals surface area contributed by atoms with Crippen LogP contribution in [0.1, 0.15) is 43.5 Å². The van der Waals surface area contributed by atoms with Gasteiger partial charge in [-0.1, -0.05) is 19.8 Å². The van der Waals surface area contributed by atoms with E-state index in [4.69, 9.17) is 10.6 Å². The highest BCUT2D eigenvalue weighted by atomic mass is 32.1. The summed E-state index contributed by atoms with van der Waals surface area (Å²) >= 11 is 1.73. The monoisotopic (exact) mass is 254 g/mol. The predicted octanol–water partition coefficient (Wildman–Crippen LogP) is 3.09. The smallest absolute Gasteiger partial charge is 0.134 e. The second-order valence-electron chi connectivity index (χ2n) is 5.03. The van der Waals surface area contributed by atoms with Crippen LogP contribution in [0.5, 0.6) is 5.75 Å². The number of ether oxygens (including phenoxy) is 1. The summed E-state index contributed by atoms with van der Waals surface area (Å²) in [6.45, 7) is 2.34. The van der Waals surface area contributed by atoms with E-state index in [2.05, 4.69) is 17.7 Å². The Kier molecular flexibility index (Phi) is 4.42. The van der Waals surface area contributed by atoms with Gasteiger partial charge in [0.1, 0.15) is 5.75 Å². The first-order valence-electron chi connectivity index (χ1n) is 6.33. The van der Waals surface area contributed by atoms with Crippen molar-refractivity contribution in [1.82, 2.24) is 5.43 Å². The standard InChI is InChI=1S/C13H22N2OS/c1-9-4-3-5-10(8-9)12(15-14)13-11(16-2)6-7-17-13/h6-7,9-10,12,15H,3-5,8,14H2,1-2H3. The number of nitrogens with two attached hydrogens (primary N) is 1. The molecule has 3 nitrogen and oxygen atoms in total. The highest BCUT2D eigenvalue weighted by molar-refractivity contribution is 7.10. The Balaban J connectivity index is 2.15. The summed E-state index contributed by atoms with van der Waals surface area (Å²) in [4.78, 5) is 1.24. The van der Waals surface area contributed by atoms with Crippen LogP contribution in [0.25, 0.3) is 0 Å². The normalized spacial score (nSPS) is 26.8. The second-order valence-corrected chi connectivity index (χ2v) is 5.98. The maximum atomic E-state index is 5.76. The minimum absolute atomic E-state index is 0.243. The van der Waals surface area contributed by atoms with Gasteiger partial charge in [-0.15, -0.1) is 11.3 Å². The summed E-state index contributed by atoms with van der Waals surface area (Å²) < 4.78 is 5.40. The van der Waals surface area contributed by atoms with Gasteiger partial charge in [0.25, 0.3) is 0 Å². The summed E-state index contributed by atoms with van der Waals surface area (Å²) in [5.74, 6) is 8.18. The third-order valence-corrected chi connectivity index (χ3v) is 4.77. The molecular formula is C13H22N2OS. The predicted molar refractivity (Wildman–Crippen MR) is 72.1 cm³/mol. The van der Waals surface area contributed by atoms with Crippen molar-refractivity contribution in [1.29, 1.82) is 0 Å². The molecule has 2 rings (SSSR count). The van der Waals surface area contributed by atoms with Crippen LogP contribution in [0.15, 0.2) is 11.4 Å². The van der Waals surface area contributed by atoms with Crippen LogP contribution in [0.3, 0.4) is 0 Å². The van der Waals surface area contributed by atoms with Crippen molar-refractivity contribution in [3.8, 4) is 5.75 Å². The number of hydrazine groups is 1. The number of methoxy groups -OCH3 is 1. The number of hydrogen-bond donors (Lipinski definition) is 2. The largest absolute Gasteiger partial charge is 0.496 e. The maximum Gasteiger partial charge on any atom is 0.134 e. The van der Waals surface area contributed by atoms with Crippen LogP contribution in [0.4, 0.5) is 0 Å². The van der Waals surface area contributed by atoms with Crippen LogP contribution in [0, 0.1) is 11.8 Å². The van der Waals surface area contributed by atoms with Gasteiger partial charge < -0.3 is 4.74 Å². The Hall–Kier alpha value is -0.580. The third kappa shape index (κ3) is 2.81. The zero-order valence-electron chi connectivity index (χ0n) is 10.6. The zero-order valence-corrected chi connectivity index (χ0v) is 11.4. The van der Waals surface area contributed by atoms with E-state index in [0.717, 1.165) is 11.7 Å². The average Bonchev–Trinajstić information content (AvgIpc) is 2.78. The molecule has 0 bridgehead atoms.